The number of carboxylic acids is 1. The first-order chi connectivity index (χ1) is 9.78. The van der Waals surface area contributed by atoms with Gasteiger partial charge in [0.15, 0.2) is 0 Å². The second-order valence-corrected chi connectivity index (χ2v) is 6.10. The Balaban J connectivity index is 2.54. The number of carbonyl (C=O) groups excluding carboxylic acids is 1. The first-order valence-electron chi connectivity index (χ1n) is 6.81. The molecule has 1 aromatic carbocycles. The van der Waals surface area contributed by atoms with Crippen LogP contribution in [0.2, 0.25) is 0 Å². The molecule has 0 saturated heterocycles. The molecule has 0 aliphatic carbocycles. The van der Waals surface area contributed by atoms with Gasteiger partial charge in [-0.2, -0.15) is 0 Å². The van der Waals surface area contributed by atoms with Crippen LogP contribution in [-0.4, -0.2) is 29.1 Å². The molecule has 3 N–H and O–H groups in total. The molecule has 0 spiro atoms. The molecule has 1 aromatic rings. The zero-order valence-corrected chi connectivity index (χ0v) is 14.0. The molecule has 5 nitrogen and oxygen atoms in total. The first-order valence-corrected chi connectivity index (χ1v) is 7.61. The van der Waals surface area contributed by atoms with Crippen LogP contribution in [0, 0.1) is 0 Å². The van der Waals surface area contributed by atoms with E-state index in [1.807, 2.05) is 31.2 Å². The normalized spacial score (nSPS) is 15.0. The van der Waals surface area contributed by atoms with E-state index in [-0.39, 0.29) is 18.5 Å². The molecular weight excluding hydrogens is 336 g/mol. The average Bonchev–Trinajstić information content (AvgIpc) is 2.45. The van der Waals surface area contributed by atoms with Gasteiger partial charge in [0.25, 0.3) is 0 Å². The molecule has 2 unspecified atom stereocenters. The molecule has 0 aromatic heterocycles. The summed E-state index contributed by atoms with van der Waals surface area (Å²) in [6.45, 7) is 5.19. The molecule has 0 aliphatic heterocycles. The zero-order valence-electron chi connectivity index (χ0n) is 12.4. The second kappa shape index (κ2) is 7.56. The lowest BCUT2D eigenvalue weighted by Crippen LogP contribution is -2.52. The van der Waals surface area contributed by atoms with E-state index in [0.29, 0.717) is 6.42 Å². The van der Waals surface area contributed by atoms with Crippen LogP contribution in [0.4, 0.5) is 0 Å². The number of halogens is 1. The number of hydrogen-bond donors (Lipinski definition) is 3. The van der Waals surface area contributed by atoms with Crippen molar-refractivity contribution >= 4 is 27.8 Å². The highest BCUT2D eigenvalue weighted by molar-refractivity contribution is 9.10. The maximum Gasteiger partial charge on any atom is 0.323 e. The van der Waals surface area contributed by atoms with Gasteiger partial charge in [0.05, 0.1) is 12.6 Å². The first kappa shape index (κ1) is 17.7. The lowest BCUT2D eigenvalue weighted by atomic mass is 9.99. The molecule has 21 heavy (non-hydrogen) atoms. The Bertz CT molecular complexity index is 504. The zero-order chi connectivity index (χ0) is 16.0. The van der Waals surface area contributed by atoms with Gasteiger partial charge in [-0.15, -0.1) is 0 Å². The Morgan fingerprint density at radius 1 is 1.33 bits per heavy atom. The number of rotatable bonds is 7. The fraction of sp³-hybridized carbons (Fsp3) is 0.467. The standard InChI is InChI=1S/C15H21BrN2O3/c1-4-15(3,14(20)21)17-9-13(19)18-10(2)11-5-7-12(16)8-6-11/h5-8,10,17H,4,9H2,1-3H3,(H,18,19)(H,20,21). The third-order valence-electron chi connectivity index (χ3n) is 3.57. The van der Waals surface area contributed by atoms with Crippen LogP contribution in [0.15, 0.2) is 28.7 Å². The van der Waals surface area contributed by atoms with Crippen molar-refractivity contribution in [1.29, 1.82) is 0 Å². The van der Waals surface area contributed by atoms with Crippen LogP contribution in [0.25, 0.3) is 0 Å². The number of aliphatic carboxylic acids is 1. The Kier molecular flexibility index (Phi) is 6.36. The van der Waals surface area contributed by atoms with E-state index in [2.05, 4.69) is 26.6 Å². The van der Waals surface area contributed by atoms with E-state index in [1.165, 1.54) is 0 Å². The van der Waals surface area contributed by atoms with E-state index in [9.17, 15) is 9.59 Å². The van der Waals surface area contributed by atoms with Crippen LogP contribution in [0.1, 0.15) is 38.8 Å². The molecule has 2 atom stereocenters. The third kappa shape index (κ3) is 5.13. The van der Waals surface area contributed by atoms with Crippen LogP contribution in [0.5, 0.6) is 0 Å². The minimum Gasteiger partial charge on any atom is -0.480 e. The maximum atomic E-state index is 11.9. The van der Waals surface area contributed by atoms with Crippen molar-refractivity contribution in [1.82, 2.24) is 10.6 Å². The van der Waals surface area contributed by atoms with E-state index in [1.54, 1.807) is 13.8 Å². The lowest BCUT2D eigenvalue weighted by Gasteiger charge is -2.25. The van der Waals surface area contributed by atoms with Gasteiger partial charge < -0.3 is 10.4 Å². The summed E-state index contributed by atoms with van der Waals surface area (Å²) in [5.74, 6) is -1.19. The van der Waals surface area contributed by atoms with Gasteiger partial charge >= 0.3 is 5.97 Å². The Labute approximate surface area is 133 Å². The predicted octanol–water partition coefficient (Wildman–Crippen LogP) is 2.47. The SMILES string of the molecule is CCC(C)(NCC(=O)NC(C)c1ccc(Br)cc1)C(=O)O. The van der Waals surface area contributed by atoms with Crippen molar-refractivity contribution in [2.24, 2.45) is 0 Å². The third-order valence-corrected chi connectivity index (χ3v) is 4.09. The van der Waals surface area contributed by atoms with E-state index in [0.717, 1.165) is 10.0 Å². The van der Waals surface area contributed by atoms with Crippen LogP contribution in [0.3, 0.4) is 0 Å². The van der Waals surface area contributed by atoms with Crippen molar-refractivity contribution in [3.05, 3.63) is 34.3 Å². The number of carbonyl (C=O) groups is 2. The molecule has 0 radical (unpaired) electrons. The van der Waals surface area contributed by atoms with Gasteiger partial charge in [-0.25, -0.2) is 0 Å². The van der Waals surface area contributed by atoms with Gasteiger partial charge in [0.1, 0.15) is 5.54 Å². The Morgan fingerprint density at radius 3 is 2.38 bits per heavy atom. The molecular formula is C15H21BrN2O3. The van der Waals surface area contributed by atoms with Gasteiger partial charge in [0, 0.05) is 4.47 Å². The minimum atomic E-state index is -1.09. The smallest absolute Gasteiger partial charge is 0.323 e. The second-order valence-electron chi connectivity index (χ2n) is 5.19. The van der Waals surface area contributed by atoms with Crippen LogP contribution >= 0.6 is 15.9 Å². The van der Waals surface area contributed by atoms with Crippen molar-refractivity contribution < 1.29 is 14.7 Å². The number of hydrogen-bond acceptors (Lipinski definition) is 3. The highest BCUT2D eigenvalue weighted by atomic mass is 79.9. The molecule has 6 heteroatoms. The highest BCUT2D eigenvalue weighted by Crippen LogP contribution is 2.16. The molecule has 0 aliphatic rings. The van der Waals surface area contributed by atoms with Crippen LogP contribution in [-0.2, 0) is 9.59 Å². The van der Waals surface area contributed by atoms with Gasteiger partial charge in [0.2, 0.25) is 5.91 Å². The topological polar surface area (TPSA) is 78.4 Å². The molecule has 0 bridgehead atoms. The summed E-state index contributed by atoms with van der Waals surface area (Å²) < 4.78 is 0.978. The lowest BCUT2D eigenvalue weighted by molar-refractivity contribution is -0.144. The maximum absolute atomic E-state index is 11.9. The summed E-state index contributed by atoms with van der Waals surface area (Å²) >= 11 is 3.36. The van der Waals surface area contributed by atoms with Crippen molar-refractivity contribution in [2.45, 2.75) is 38.8 Å². The molecule has 0 fully saturated rings. The number of benzene rings is 1. The molecule has 1 amide bonds. The number of nitrogens with one attached hydrogen (secondary N) is 2. The summed E-state index contributed by atoms with van der Waals surface area (Å²) in [5.41, 5.74) is -0.0962. The van der Waals surface area contributed by atoms with Gasteiger partial charge in [-0.3, -0.25) is 14.9 Å². The summed E-state index contributed by atoms with van der Waals surface area (Å²) in [4.78, 5) is 23.0. The molecule has 116 valence electrons. The van der Waals surface area contributed by atoms with E-state index < -0.39 is 11.5 Å². The number of amides is 1. The minimum absolute atomic E-state index is 0.0302. The van der Waals surface area contributed by atoms with Crippen molar-refractivity contribution in [3.63, 3.8) is 0 Å². The summed E-state index contributed by atoms with van der Waals surface area (Å²) in [5, 5.41) is 14.8. The van der Waals surface area contributed by atoms with Crippen molar-refractivity contribution in [2.75, 3.05) is 6.54 Å². The highest BCUT2D eigenvalue weighted by Gasteiger charge is 2.30. The summed E-state index contributed by atoms with van der Waals surface area (Å²) in [7, 11) is 0. The summed E-state index contributed by atoms with van der Waals surface area (Å²) in [6, 6.07) is 7.54. The predicted molar refractivity (Wildman–Crippen MR) is 85.0 cm³/mol. The summed E-state index contributed by atoms with van der Waals surface area (Å²) in [6.07, 6.45) is 0.401. The van der Waals surface area contributed by atoms with Crippen molar-refractivity contribution in [3.8, 4) is 0 Å². The largest absolute Gasteiger partial charge is 0.480 e. The Hall–Kier alpha value is -1.40. The number of carboxylic acid groups (broad SMARTS) is 1. The Morgan fingerprint density at radius 2 is 1.90 bits per heavy atom. The van der Waals surface area contributed by atoms with E-state index >= 15 is 0 Å². The van der Waals surface area contributed by atoms with E-state index in [4.69, 9.17) is 5.11 Å². The fourth-order valence-electron chi connectivity index (χ4n) is 1.75. The fourth-order valence-corrected chi connectivity index (χ4v) is 2.02. The molecule has 0 heterocycles. The molecule has 0 saturated carbocycles. The van der Waals surface area contributed by atoms with Crippen LogP contribution < -0.4 is 10.6 Å². The quantitative estimate of drug-likeness (QED) is 0.701. The molecule has 1 rings (SSSR count). The monoisotopic (exact) mass is 356 g/mol. The van der Waals surface area contributed by atoms with Gasteiger partial charge in [-0.1, -0.05) is 35.0 Å². The average molecular weight is 357 g/mol. The van der Waals surface area contributed by atoms with Gasteiger partial charge in [-0.05, 0) is 38.0 Å².